The van der Waals surface area contributed by atoms with Crippen LogP contribution in [-0.2, 0) is 18.8 Å². The van der Waals surface area contributed by atoms with Crippen LogP contribution in [0.25, 0.3) is 0 Å². The van der Waals surface area contributed by atoms with E-state index < -0.39 is 0 Å². The second kappa shape index (κ2) is 6.01. The number of hydrogen-bond donors (Lipinski definition) is 0. The predicted octanol–water partition coefficient (Wildman–Crippen LogP) is 3.33. The van der Waals surface area contributed by atoms with E-state index in [1.807, 2.05) is 0 Å². The normalized spacial score (nSPS) is 10.8. The van der Waals surface area contributed by atoms with Gasteiger partial charge in [0, 0.05) is 13.0 Å². The van der Waals surface area contributed by atoms with Crippen LogP contribution in [0.2, 0.25) is 0 Å². The van der Waals surface area contributed by atoms with Crippen LogP contribution in [0.3, 0.4) is 0 Å². The van der Waals surface area contributed by atoms with Crippen LogP contribution < -0.4 is 0 Å². The smallest absolute Gasteiger partial charge is 0.147 e. The first kappa shape index (κ1) is 13.1. The number of hydrogen-bond acceptors (Lipinski definition) is 2. The van der Waals surface area contributed by atoms with E-state index in [-0.39, 0.29) is 0 Å². The second-order valence-corrected chi connectivity index (χ2v) is 4.75. The molecule has 0 spiro atoms. The fourth-order valence-electron chi connectivity index (χ4n) is 1.97. The molecule has 18 heavy (non-hydrogen) atoms. The average Bonchev–Trinajstić information content (AvgIpc) is 2.75. The molecule has 0 bridgehead atoms. The summed E-state index contributed by atoms with van der Waals surface area (Å²) >= 11 is 5.88. The molecule has 0 amide bonds. The van der Waals surface area contributed by atoms with Crippen LogP contribution in [0.4, 0.5) is 0 Å². The summed E-state index contributed by atoms with van der Waals surface area (Å²) in [5, 5.41) is 8.40. The van der Waals surface area contributed by atoms with Crippen LogP contribution in [0.1, 0.15) is 36.1 Å². The Morgan fingerprint density at radius 2 is 1.78 bits per heavy atom. The highest BCUT2D eigenvalue weighted by atomic mass is 35.5. The van der Waals surface area contributed by atoms with E-state index in [2.05, 4.69) is 52.9 Å². The molecular formula is C14H18ClN3. The molecule has 2 aromatic rings. The number of aryl methyl sites for hydroxylation is 1. The summed E-state index contributed by atoms with van der Waals surface area (Å²) in [7, 11) is 0. The van der Waals surface area contributed by atoms with Gasteiger partial charge in [-0.15, -0.1) is 21.8 Å². The van der Waals surface area contributed by atoms with Gasteiger partial charge in [-0.25, -0.2) is 0 Å². The van der Waals surface area contributed by atoms with Gasteiger partial charge in [0.05, 0.1) is 5.88 Å². The lowest BCUT2D eigenvalue weighted by Gasteiger charge is -2.07. The van der Waals surface area contributed by atoms with Crippen LogP contribution in [0.15, 0.2) is 24.3 Å². The molecule has 4 heteroatoms. The molecule has 0 saturated heterocycles. The van der Waals surface area contributed by atoms with E-state index in [0.29, 0.717) is 5.88 Å². The molecule has 1 aromatic heterocycles. The Labute approximate surface area is 113 Å². The Bertz CT molecular complexity index is 502. The third-order valence-electron chi connectivity index (χ3n) is 2.95. The van der Waals surface area contributed by atoms with E-state index >= 15 is 0 Å². The summed E-state index contributed by atoms with van der Waals surface area (Å²) in [6.45, 7) is 5.17. The summed E-state index contributed by atoms with van der Waals surface area (Å²) in [4.78, 5) is 0. The van der Waals surface area contributed by atoms with Gasteiger partial charge in [-0.3, -0.25) is 0 Å². The standard InChI is InChI=1S/C14H18ClN3/c1-3-8-18-13(16-17-14(18)10-15)9-12-6-4-11(2)5-7-12/h4-7H,3,8-10H2,1-2H3. The highest BCUT2D eigenvalue weighted by Gasteiger charge is 2.10. The van der Waals surface area contributed by atoms with Gasteiger partial charge in [-0.2, -0.15) is 0 Å². The molecule has 0 aliphatic heterocycles. The number of rotatable bonds is 5. The average molecular weight is 264 g/mol. The molecule has 96 valence electrons. The quantitative estimate of drug-likeness (QED) is 0.775. The summed E-state index contributed by atoms with van der Waals surface area (Å²) in [6, 6.07) is 8.53. The number of halogens is 1. The lowest BCUT2D eigenvalue weighted by atomic mass is 10.1. The third kappa shape index (κ3) is 2.91. The molecule has 0 atom stereocenters. The fraction of sp³-hybridized carbons (Fsp3) is 0.429. The van der Waals surface area contributed by atoms with E-state index in [4.69, 9.17) is 11.6 Å². The maximum Gasteiger partial charge on any atom is 0.147 e. The first-order chi connectivity index (χ1) is 8.74. The monoisotopic (exact) mass is 263 g/mol. The Morgan fingerprint density at radius 1 is 1.11 bits per heavy atom. The van der Waals surface area contributed by atoms with Crippen molar-refractivity contribution in [3.63, 3.8) is 0 Å². The Morgan fingerprint density at radius 3 is 2.39 bits per heavy atom. The van der Waals surface area contributed by atoms with Crippen molar-refractivity contribution in [2.24, 2.45) is 0 Å². The lowest BCUT2D eigenvalue weighted by Crippen LogP contribution is -2.07. The van der Waals surface area contributed by atoms with Crippen molar-refractivity contribution < 1.29 is 0 Å². The summed E-state index contributed by atoms with van der Waals surface area (Å²) in [6.07, 6.45) is 1.87. The molecule has 3 nitrogen and oxygen atoms in total. The molecule has 0 N–H and O–H groups in total. The zero-order valence-corrected chi connectivity index (χ0v) is 11.6. The highest BCUT2D eigenvalue weighted by molar-refractivity contribution is 6.16. The molecule has 0 fully saturated rings. The Hall–Kier alpha value is -1.35. The van der Waals surface area contributed by atoms with Gasteiger partial charge in [0.25, 0.3) is 0 Å². The maximum absolute atomic E-state index is 5.88. The highest BCUT2D eigenvalue weighted by Crippen LogP contribution is 2.12. The predicted molar refractivity (Wildman–Crippen MR) is 73.9 cm³/mol. The van der Waals surface area contributed by atoms with Crippen molar-refractivity contribution in [3.05, 3.63) is 47.0 Å². The van der Waals surface area contributed by atoms with Crippen molar-refractivity contribution in [1.29, 1.82) is 0 Å². The van der Waals surface area contributed by atoms with Crippen molar-refractivity contribution in [3.8, 4) is 0 Å². The lowest BCUT2D eigenvalue weighted by molar-refractivity contribution is 0.627. The molecule has 0 saturated carbocycles. The van der Waals surface area contributed by atoms with Gasteiger partial charge in [0.15, 0.2) is 0 Å². The number of nitrogens with zero attached hydrogens (tertiary/aromatic N) is 3. The number of benzene rings is 1. The zero-order chi connectivity index (χ0) is 13.0. The van der Waals surface area contributed by atoms with Crippen LogP contribution in [-0.4, -0.2) is 14.8 Å². The fourth-order valence-corrected chi connectivity index (χ4v) is 2.17. The molecule has 1 heterocycles. The maximum atomic E-state index is 5.88. The van der Waals surface area contributed by atoms with Gasteiger partial charge in [0.2, 0.25) is 0 Å². The molecular weight excluding hydrogens is 246 g/mol. The van der Waals surface area contributed by atoms with Crippen LogP contribution in [0, 0.1) is 6.92 Å². The van der Waals surface area contributed by atoms with Crippen molar-refractivity contribution >= 4 is 11.6 Å². The zero-order valence-electron chi connectivity index (χ0n) is 10.9. The van der Waals surface area contributed by atoms with Gasteiger partial charge >= 0.3 is 0 Å². The largest absolute Gasteiger partial charge is 0.314 e. The minimum absolute atomic E-state index is 0.418. The Kier molecular flexibility index (Phi) is 4.37. The van der Waals surface area contributed by atoms with Crippen LogP contribution in [0.5, 0.6) is 0 Å². The summed E-state index contributed by atoms with van der Waals surface area (Å²) < 4.78 is 2.13. The molecule has 0 aliphatic carbocycles. The molecule has 1 aromatic carbocycles. The minimum atomic E-state index is 0.418. The minimum Gasteiger partial charge on any atom is -0.314 e. The first-order valence-corrected chi connectivity index (χ1v) is 6.80. The Balaban J connectivity index is 2.22. The van der Waals surface area contributed by atoms with E-state index in [9.17, 15) is 0 Å². The van der Waals surface area contributed by atoms with E-state index in [0.717, 1.165) is 31.0 Å². The van der Waals surface area contributed by atoms with E-state index in [1.54, 1.807) is 0 Å². The van der Waals surface area contributed by atoms with Gasteiger partial charge in [-0.05, 0) is 18.9 Å². The summed E-state index contributed by atoms with van der Waals surface area (Å²) in [5.74, 6) is 2.28. The first-order valence-electron chi connectivity index (χ1n) is 6.27. The molecule has 0 aliphatic rings. The van der Waals surface area contributed by atoms with Crippen molar-refractivity contribution in [1.82, 2.24) is 14.8 Å². The third-order valence-corrected chi connectivity index (χ3v) is 3.19. The van der Waals surface area contributed by atoms with Crippen molar-refractivity contribution in [2.75, 3.05) is 0 Å². The van der Waals surface area contributed by atoms with E-state index in [1.165, 1.54) is 11.1 Å². The molecule has 2 rings (SSSR count). The van der Waals surface area contributed by atoms with Crippen molar-refractivity contribution in [2.45, 2.75) is 39.1 Å². The van der Waals surface area contributed by atoms with Gasteiger partial charge in [0.1, 0.15) is 11.6 Å². The number of aromatic nitrogens is 3. The van der Waals surface area contributed by atoms with Gasteiger partial charge in [-0.1, -0.05) is 36.8 Å². The summed E-state index contributed by atoms with van der Waals surface area (Å²) in [5.41, 5.74) is 2.53. The van der Waals surface area contributed by atoms with Crippen LogP contribution >= 0.6 is 11.6 Å². The number of alkyl halides is 1. The van der Waals surface area contributed by atoms with Gasteiger partial charge < -0.3 is 4.57 Å². The second-order valence-electron chi connectivity index (χ2n) is 4.48. The topological polar surface area (TPSA) is 30.7 Å². The molecule has 0 unspecified atom stereocenters. The SMILES string of the molecule is CCCn1c(CCl)nnc1Cc1ccc(C)cc1. The molecule has 0 radical (unpaired) electrons.